The first kappa shape index (κ1) is 17.0. The van der Waals surface area contributed by atoms with E-state index in [1.807, 2.05) is 49.6 Å². The molecule has 0 spiro atoms. The molecule has 2 rings (SSSR count). The van der Waals surface area contributed by atoms with Crippen LogP contribution in [0.2, 0.25) is 0 Å². The number of para-hydroxylation sites is 2. The molecule has 0 aliphatic heterocycles. The van der Waals surface area contributed by atoms with Crippen LogP contribution < -0.4 is 5.32 Å². The fourth-order valence-electron chi connectivity index (χ4n) is 2.39. The molecule has 1 N–H and O–H groups in total. The van der Waals surface area contributed by atoms with Crippen LogP contribution in [0, 0.1) is 5.41 Å². The first-order valence-corrected chi connectivity index (χ1v) is 7.60. The summed E-state index contributed by atoms with van der Waals surface area (Å²) in [5.41, 5.74) is 1.47. The van der Waals surface area contributed by atoms with Crippen molar-refractivity contribution in [2.75, 3.05) is 7.11 Å². The molecule has 1 heterocycles. The largest absolute Gasteiger partial charge is 0.467 e. The highest BCUT2D eigenvalue weighted by Crippen LogP contribution is 2.20. The Morgan fingerprint density at radius 2 is 2.00 bits per heavy atom. The van der Waals surface area contributed by atoms with E-state index in [9.17, 15) is 9.59 Å². The number of ether oxygens (including phenoxy) is 1. The predicted octanol–water partition coefficient (Wildman–Crippen LogP) is 2.13. The number of nitrogens with zero attached hydrogens (tertiary/aromatic N) is 2. The minimum Gasteiger partial charge on any atom is -0.467 e. The molecule has 2 aromatic rings. The van der Waals surface area contributed by atoms with Crippen LogP contribution >= 0.6 is 0 Å². The molecule has 0 saturated carbocycles. The van der Waals surface area contributed by atoms with E-state index in [1.54, 1.807) is 6.33 Å². The van der Waals surface area contributed by atoms with Gasteiger partial charge in [0.05, 0.1) is 24.5 Å². The van der Waals surface area contributed by atoms with E-state index < -0.39 is 17.4 Å². The van der Waals surface area contributed by atoms with Gasteiger partial charge in [0.2, 0.25) is 5.91 Å². The van der Waals surface area contributed by atoms with Gasteiger partial charge in [-0.05, 0) is 17.5 Å². The number of fused-ring (bicyclic) bond motifs is 1. The molecule has 0 aliphatic rings. The van der Waals surface area contributed by atoms with Gasteiger partial charge in [-0.15, -0.1) is 0 Å². The second-order valence-corrected chi connectivity index (χ2v) is 6.57. The number of aromatic nitrogens is 2. The number of amides is 1. The number of carbonyl (C=O) groups is 2. The van der Waals surface area contributed by atoms with Gasteiger partial charge in [0, 0.05) is 13.0 Å². The van der Waals surface area contributed by atoms with Gasteiger partial charge >= 0.3 is 5.97 Å². The van der Waals surface area contributed by atoms with Gasteiger partial charge in [-0.2, -0.15) is 0 Å². The summed E-state index contributed by atoms with van der Waals surface area (Å²) in [6.45, 7) is 6.17. The SMILES string of the molecule is COC(=O)C(NC(=O)CCn1cnc2ccccc21)C(C)(C)C. The molecule has 0 radical (unpaired) electrons. The third-order valence-electron chi connectivity index (χ3n) is 3.72. The highest BCUT2D eigenvalue weighted by atomic mass is 16.5. The standard InChI is InChI=1S/C17H23N3O3/c1-17(2,3)15(16(22)23-4)19-14(21)9-10-20-11-18-12-7-5-6-8-13(12)20/h5-8,11,15H,9-10H2,1-4H3,(H,19,21). The zero-order valence-electron chi connectivity index (χ0n) is 14.0. The summed E-state index contributed by atoms with van der Waals surface area (Å²) in [7, 11) is 1.32. The summed E-state index contributed by atoms with van der Waals surface area (Å²) in [6, 6.07) is 7.09. The van der Waals surface area contributed by atoms with Crippen molar-refractivity contribution < 1.29 is 14.3 Å². The third-order valence-corrected chi connectivity index (χ3v) is 3.72. The van der Waals surface area contributed by atoms with E-state index in [2.05, 4.69) is 10.3 Å². The molecule has 1 atom stereocenters. The van der Waals surface area contributed by atoms with E-state index in [1.165, 1.54) is 7.11 Å². The third kappa shape index (κ3) is 4.09. The highest BCUT2D eigenvalue weighted by Gasteiger charge is 2.33. The maximum absolute atomic E-state index is 12.2. The van der Waals surface area contributed by atoms with Crippen molar-refractivity contribution in [1.29, 1.82) is 0 Å². The number of esters is 1. The molecule has 0 aliphatic carbocycles. The van der Waals surface area contributed by atoms with Gasteiger partial charge in [0.15, 0.2) is 0 Å². The number of hydrogen-bond donors (Lipinski definition) is 1. The van der Waals surface area contributed by atoms with Gasteiger partial charge in [-0.3, -0.25) is 4.79 Å². The first-order valence-electron chi connectivity index (χ1n) is 7.60. The van der Waals surface area contributed by atoms with Gasteiger partial charge < -0.3 is 14.6 Å². The van der Waals surface area contributed by atoms with E-state index in [4.69, 9.17) is 4.74 Å². The number of aryl methyl sites for hydroxylation is 1. The average Bonchev–Trinajstić information content (AvgIpc) is 2.92. The summed E-state index contributed by atoms with van der Waals surface area (Å²) >= 11 is 0. The molecular weight excluding hydrogens is 294 g/mol. The topological polar surface area (TPSA) is 73.2 Å². The van der Waals surface area contributed by atoms with Gasteiger partial charge in [0.1, 0.15) is 6.04 Å². The lowest BCUT2D eigenvalue weighted by molar-refractivity contribution is -0.148. The molecule has 0 fully saturated rings. The predicted molar refractivity (Wildman–Crippen MR) is 87.8 cm³/mol. The Morgan fingerprint density at radius 1 is 1.30 bits per heavy atom. The van der Waals surface area contributed by atoms with Crippen molar-refractivity contribution in [3.63, 3.8) is 0 Å². The van der Waals surface area contributed by atoms with Gasteiger partial charge in [-0.25, -0.2) is 9.78 Å². The van der Waals surface area contributed by atoms with Crippen LogP contribution in [0.4, 0.5) is 0 Å². The number of imidazole rings is 1. The molecular formula is C17H23N3O3. The number of benzene rings is 1. The fraction of sp³-hybridized carbons (Fsp3) is 0.471. The van der Waals surface area contributed by atoms with Crippen LogP contribution in [0.1, 0.15) is 27.2 Å². The maximum atomic E-state index is 12.2. The number of rotatable bonds is 5. The second-order valence-electron chi connectivity index (χ2n) is 6.57. The Bertz CT molecular complexity index is 700. The maximum Gasteiger partial charge on any atom is 0.328 e. The Balaban J connectivity index is 2.00. The van der Waals surface area contributed by atoms with Gasteiger partial charge in [0.25, 0.3) is 0 Å². The van der Waals surface area contributed by atoms with Crippen LogP contribution in [0.15, 0.2) is 30.6 Å². The first-order chi connectivity index (χ1) is 10.8. The Labute approximate surface area is 135 Å². The Kier molecular flexibility index (Phi) is 5.03. The van der Waals surface area contributed by atoms with Crippen molar-refractivity contribution in [2.45, 2.75) is 39.8 Å². The minimum absolute atomic E-state index is 0.187. The zero-order valence-corrected chi connectivity index (χ0v) is 14.0. The zero-order chi connectivity index (χ0) is 17.0. The lowest BCUT2D eigenvalue weighted by atomic mass is 9.86. The van der Waals surface area contributed by atoms with E-state index in [-0.39, 0.29) is 12.3 Å². The Morgan fingerprint density at radius 3 is 2.65 bits per heavy atom. The molecule has 0 bridgehead atoms. The van der Waals surface area contributed by atoms with Crippen LogP contribution in [-0.4, -0.2) is 34.6 Å². The molecule has 23 heavy (non-hydrogen) atoms. The highest BCUT2D eigenvalue weighted by molar-refractivity contribution is 5.85. The summed E-state index contributed by atoms with van der Waals surface area (Å²) in [4.78, 5) is 28.3. The van der Waals surface area contributed by atoms with Crippen LogP contribution in [0.25, 0.3) is 11.0 Å². The van der Waals surface area contributed by atoms with Crippen molar-refractivity contribution in [1.82, 2.24) is 14.9 Å². The van der Waals surface area contributed by atoms with E-state index in [0.29, 0.717) is 6.54 Å². The van der Waals surface area contributed by atoms with Crippen molar-refractivity contribution >= 4 is 22.9 Å². The minimum atomic E-state index is -0.667. The normalized spacial score (nSPS) is 12.9. The van der Waals surface area contributed by atoms with Crippen molar-refractivity contribution in [3.05, 3.63) is 30.6 Å². The number of hydrogen-bond acceptors (Lipinski definition) is 4. The summed E-state index contributed by atoms with van der Waals surface area (Å²) in [5, 5.41) is 2.77. The molecule has 1 unspecified atom stereocenters. The number of methoxy groups -OCH3 is 1. The fourth-order valence-corrected chi connectivity index (χ4v) is 2.39. The van der Waals surface area contributed by atoms with E-state index >= 15 is 0 Å². The van der Waals surface area contributed by atoms with Crippen molar-refractivity contribution in [3.8, 4) is 0 Å². The summed E-state index contributed by atoms with van der Waals surface area (Å²) < 4.78 is 6.71. The molecule has 0 saturated heterocycles. The average molecular weight is 317 g/mol. The molecule has 1 amide bonds. The number of carbonyl (C=O) groups excluding carboxylic acids is 2. The Hall–Kier alpha value is -2.37. The van der Waals surface area contributed by atoms with Gasteiger partial charge in [-0.1, -0.05) is 32.9 Å². The molecule has 6 nitrogen and oxygen atoms in total. The van der Waals surface area contributed by atoms with Crippen molar-refractivity contribution in [2.24, 2.45) is 5.41 Å². The molecule has 6 heteroatoms. The van der Waals surface area contributed by atoms with Crippen LogP contribution in [-0.2, 0) is 20.9 Å². The molecule has 124 valence electrons. The molecule has 1 aromatic heterocycles. The summed E-state index contributed by atoms with van der Waals surface area (Å²) in [5.74, 6) is -0.618. The second kappa shape index (κ2) is 6.81. The summed E-state index contributed by atoms with van der Waals surface area (Å²) in [6.07, 6.45) is 1.99. The van der Waals surface area contributed by atoms with Crippen LogP contribution in [0.5, 0.6) is 0 Å². The number of nitrogens with one attached hydrogen (secondary N) is 1. The van der Waals surface area contributed by atoms with Crippen LogP contribution in [0.3, 0.4) is 0 Å². The molecule has 1 aromatic carbocycles. The van der Waals surface area contributed by atoms with E-state index in [0.717, 1.165) is 11.0 Å². The monoisotopic (exact) mass is 317 g/mol. The lowest BCUT2D eigenvalue weighted by Crippen LogP contribution is -2.49. The smallest absolute Gasteiger partial charge is 0.328 e. The quantitative estimate of drug-likeness (QED) is 0.857. The lowest BCUT2D eigenvalue weighted by Gasteiger charge is -2.29.